The van der Waals surface area contributed by atoms with Gasteiger partial charge in [0.2, 0.25) is 5.91 Å². The molecule has 7 heteroatoms. The monoisotopic (exact) mass is 360 g/mol. The van der Waals surface area contributed by atoms with Crippen molar-refractivity contribution in [3.05, 3.63) is 71.3 Å². The number of halogens is 3. The van der Waals surface area contributed by atoms with Crippen LogP contribution in [-0.4, -0.2) is 24.9 Å². The van der Waals surface area contributed by atoms with Gasteiger partial charge in [0.1, 0.15) is 0 Å². The van der Waals surface area contributed by atoms with Gasteiger partial charge < -0.3 is 10.6 Å². The van der Waals surface area contributed by atoms with Gasteiger partial charge in [-0.25, -0.2) is 0 Å². The summed E-state index contributed by atoms with van der Waals surface area (Å²) in [5.41, 5.74) is -0.565. The molecule has 2 amide bonds. The predicted molar refractivity (Wildman–Crippen MR) is 90.1 cm³/mol. The number of alkyl halides is 3. The van der Waals surface area contributed by atoms with Crippen LogP contribution >= 0.6 is 0 Å². The van der Waals surface area contributed by atoms with E-state index in [2.05, 4.69) is 22.5 Å². The van der Waals surface area contributed by atoms with Crippen molar-refractivity contribution < 1.29 is 22.8 Å². The Hall–Kier alpha value is -3.27. The second kappa shape index (κ2) is 8.72. The number of rotatable bonds is 4. The minimum absolute atomic E-state index is 0.133. The number of carbonyl (C=O) groups is 2. The van der Waals surface area contributed by atoms with Gasteiger partial charge in [0, 0.05) is 11.1 Å². The Morgan fingerprint density at radius 1 is 0.923 bits per heavy atom. The average molecular weight is 360 g/mol. The molecule has 0 aliphatic rings. The molecule has 0 unspecified atom stereocenters. The third-order valence-corrected chi connectivity index (χ3v) is 3.27. The normalized spacial score (nSPS) is 10.4. The summed E-state index contributed by atoms with van der Waals surface area (Å²) >= 11 is 0. The molecule has 2 aromatic rings. The van der Waals surface area contributed by atoms with Crippen LogP contribution in [0.1, 0.15) is 21.5 Å². The van der Waals surface area contributed by atoms with Gasteiger partial charge in [-0.3, -0.25) is 9.59 Å². The summed E-state index contributed by atoms with van der Waals surface area (Å²) in [7, 11) is 0. The van der Waals surface area contributed by atoms with Crippen molar-refractivity contribution >= 4 is 11.8 Å². The van der Waals surface area contributed by atoms with Crippen LogP contribution in [-0.2, 0) is 11.0 Å². The molecule has 0 atom stereocenters. The SMILES string of the molecule is O=C(CNC(=O)c1ccccc1)NCC#Cc1ccccc1C(F)(F)F. The minimum atomic E-state index is -4.49. The van der Waals surface area contributed by atoms with E-state index in [1.54, 1.807) is 30.3 Å². The number of hydrogen-bond donors (Lipinski definition) is 2. The van der Waals surface area contributed by atoms with Crippen molar-refractivity contribution in [1.29, 1.82) is 0 Å². The smallest absolute Gasteiger partial charge is 0.344 e. The zero-order chi connectivity index (χ0) is 19.0. The van der Waals surface area contributed by atoms with Gasteiger partial charge in [0.25, 0.3) is 5.91 Å². The van der Waals surface area contributed by atoms with Crippen LogP contribution in [0.25, 0.3) is 0 Å². The summed E-state index contributed by atoms with van der Waals surface area (Å²) in [6, 6.07) is 13.3. The molecule has 0 aliphatic heterocycles. The molecule has 2 aromatic carbocycles. The van der Waals surface area contributed by atoms with Crippen LogP contribution in [0.15, 0.2) is 54.6 Å². The number of amides is 2. The highest BCUT2D eigenvalue weighted by Gasteiger charge is 2.32. The summed E-state index contributed by atoms with van der Waals surface area (Å²) in [4.78, 5) is 23.4. The van der Waals surface area contributed by atoms with E-state index in [4.69, 9.17) is 0 Å². The van der Waals surface area contributed by atoms with Crippen molar-refractivity contribution in [2.75, 3.05) is 13.1 Å². The maximum Gasteiger partial charge on any atom is 0.417 e. The molecule has 0 aliphatic carbocycles. The van der Waals surface area contributed by atoms with Crippen molar-refractivity contribution in [3.63, 3.8) is 0 Å². The maximum atomic E-state index is 12.8. The molecule has 0 radical (unpaired) electrons. The van der Waals surface area contributed by atoms with Crippen LogP contribution in [0.2, 0.25) is 0 Å². The zero-order valence-corrected chi connectivity index (χ0v) is 13.6. The summed E-state index contributed by atoms with van der Waals surface area (Å²) in [6.45, 7) is -0.388. The van der Waals surface area contributed by atoms with Crippen LogP contribution in [0.4, 0.5) is 13.2 Å². The Morgan fingerprint density at radius 3 is 2.27 bits per heavy atom. The van der Waals surface area contributed by atoms with E-state index in [1.807, 2.05) is 0 Å². The first-order chi connectivity index (χ1) is 12.4. The molecule has 26 heavy (non-hydrogen) atoms. The van der Waals surface area contributed by atoms with Gasteiger partial charge in [0.05, 0.1) is 18.7 Å². The lowest BCUT2D eigenvalue weighted by atomic mass is 10.1. The fraction of sp³-hybridized carbons (Fsp3) is 0.158. The highest BCUT2D eigenvalue weighted by molar-refractivity contribution is 5.96. The van der Waals surface area contributed by atoms with Crippen molar-refractivity contribution in [2.24, 2.45) is 0 Å². The maximum absolute atomic E-state index is 12.8. The average Bonchev–Trinajstić information content (AvgIpc) is 2.63. The quantitative estimate of drug-likeness (QED) is 0.824. The largest absolute Gasteiger partial charge is 0.417 e. The van der Waals surface area contributed by atoms with Gasteiger partial charge in [-0.05, 0) is 24.3 Å². The number of nitrogens with one attached hydrogen (secondary N) is 2. The van der Waals surface area contributed by atoms with E-state index in [0.717, 1.165) is 6.07 Å². The molecule has 2 rings (SSSR count). The van der Waals surface area contributed by atoms with Crippen LogP contribution < -0.4 is 10.6 Å². The van der Waals surface area contributed by atoms with Gasteiger partial charge in [-0.15, -0.1) is 0 Å². The molecule has 0 bridgehead atoms. The Bertz CT molecular complexity index is 837. The first kappa shape index (κ1) is 19.1. The predicted octanol–water partition coefficient (Wildman–Crippen LogP) is 2.60. The highest BCUT2D eigenvalue weighted by atomic mass is 19.4. The van der Waals surface area contributed by atoms with E-state index in [0.29, 0.717) is 5.56 Å². The van der Waals surface area contributed by atoms with Gasteiger partial charge in [-0.2, -0.15) is 13.2 Å². The molecular formula is C19H15F3N2O2. The summed E-state index contributed by atoms with van der Waals surface area (Å²) in [5, 5.41) is 4.85. The van der Waals surface area contributed by atoms with E-state index in [-0.39, 0.29) is 18.7 Å². The Morgan fingerprint density at radius 2 is 1.58 bits per heavy atom. The molecule has 0 heterocycles. The second-order valence-corrected chi connectivity index (χ2v) is 5.17. The fourth-order valence-electron chi connectivity index (χ4n) is 2.04. The van der Waals surface area contributed by atoms with Crippen LogP contribution in [0.3, 0.4) is 0 Å². The topological polar surface area (TPSA) is 58.2 Å². The van der Waals surface area contributed by atoms with E-state index in [9.17, 15) is 22.8 Å². The molecule has 0 spiro atoms. The number of benzene rings is 2. The molecule has 0 saturated heterocycles. The lowest BCUT2D eigenvalue weighted by molar-refractivity contribution is -0.137. The Kier molecular flexibility index (Phi) is 6.39. The number of hydrogen-bond acceptors (Lipinski definition) is 2. The molecule has 4 nitrogen and oxygen atoms in total. The third-order valence-electron chi connectivity index (χ3n) is 3.27. The van der Waals surface area contributed by atoms with Crippen LogP contribution in [0, 0.1) is 11.8 Å². The summed E-state index contributed by atoms with van der Waals surface area (Å²) in [5.74, 6) is 3.97. The first-order valence-electron chi connectivity index (χ1n) is 7.63. The molecule has 2 N–H and O–H groups in total. The lowest BCUT2D eigenvalue weighted by Gasteiger charge is -2.08. The van der Waals surface area contributed by atoms with E-state index in [1.165, 1.54) is 18.2 Å². The number of carbonyl (C=O) groups excluding carboxylic acids is 2. The van der Waals surface area contributed by atoms with E-state index < -0.39 is 23.6 Å². The third kappa shape index (κ3) is 5.67. The standard InChI is InChI=1S/C19H15F3N2O2/c20-19(21,22)16-11-5-4-7-14(16)10-6-12-23-17(25)13-24-18(26)15-8-2-1-3-9-15/h1-5,7-9,11H,12-13H2,(H,23,25)(H,24,26). The summed E-state index contributed by atoms with van der Waals surface area (Å²) in [6.07, 6.45) is -4.49. The highest BCUT2D eigenvalue weighted by Crippen LogP contribution is 2.31. The molecule has 0 aromatic heterocycles. The van der Waals surface area contributed by atoms with Gasteiger partial charge >= 0.3 is 6.18 Å². The Labute approximate surface area is 148 Å². The second-order valence-electron chi connectivity index (χ2n) is 5.17. The van der Waals surface area contributed by atoms with Crippen LogP contribution in [0.5, 0.6) is 0 Å². The summed E-state index contributed by atoms with van der Waals surface area (Å²) < 4.78 is 38.5. The van der Waals surface area contributed by atoms with E-state index >= 15 is 0 Å². The Balaban J connectivity index is 1.83. The van der Waals surface area contributed by atoms with Gasteiger partial charge in [-0.1, -0.05) is 42.2 Å². The molecule has 0 fully saturated rings. The lowest BCUT2D eigenvalue weighted by Crippen LogP contribution is -2.37. The minimum Gasteiger partial charge on any atom is -0.344 e. The molecule has 134 valence electrons. The molecule has 0 saturated carbocycles. The fourth-order valence-corrected chi connectivity index (χ4v) is 2.04. The zero-order valence-electron chi connectivity index (χ0n) is 13.6. The molecular weight excluding hydrogens is 345 g/mol. The van der Waals surface area contributed by atoms with Crippen molar-refractivity contribution in [3.8, 4) is 11.8 Å². The van der Waals surface area contributed by atoms with Crippen molar-refractivity contribution in [1.82, 2.24) is 10.6 Å². The first-order valence-corrected chi connectivity index (χ1v) is 7.63. The van der Waals surface area contributed by atoms with Crippen molar-refractivity contribution in [2.45, 2.75) is 6.18 Å². The van der Waals surface area contributed by atoms with Gasteiger partial charge in [0.15, 0.2) is 0 Å².